The zero-order chi connectivity index (χ0) is 6.97. The van der Waals surface area contributed by atoms with Gasteiger partial charge in [-0.25, -0.2) is 0 Å². The Morgan fingerprint density at radius 1 is 1.27 bits per heavy atom. The summed E-state index contributed by atoms with van der Waals surface area (Å²) >= 11 is 1.80. The number of hydrogen-bond donors (Lipinski definition) is 0. The van der Waals surface area contributed by atoms with Crippen LogP contribution in [0.2, 0.25) is 0 Å². The molecule has 0 aliphatic heterocycles. The molecule has 0 radical (unpaired) electrons. The molecule has 0 atom stereocenters. The lowest BCUT2D eigenvalue weighted by Gasteiger charge is -1.75. The normalized spacial score (nSPS) is 9.55. The molecular formula is C8H8INS. The van der Waals surface area contributed by atoms with Gasteiger partial charge in [0.15, 0.2) is 0 Å². The summed E-state index contributed by atoms with van der Waals surface area (Å²) in [6.45, 7) is 2.09. The van der Waals surface area contributed by atoms with Crippen molar-refractivity contribution in [1.29, 1.82) is 0 Å². The maximum Gasteiger partial charge on any atom is 0.233 e. The van der Waals surface area contributed by atoms with E-state index in [1.54, 1.807) is 11.3 Å². The summed E-state index contributed by atoms with van der Waals surface area (Å²) in [4.78, 5) is 3.28. The molecule has 1 aromatic heterocycles. The van der Waals surface area contributed by atoms with Crippen molar-refractivity contribution in [3.63, 3.8) is 0 Å². The minimum Gasteiger partial charge on any atom is -1.00 e. The number of nitrogens with one attached hydrogen (secondary N) is 1. The molecule has 2 aromatic rings. The molecule has 1 N–H and O–H groups in total. The first-order valence-electron chi connectivity index (χ1n) is 3.24. The van der Waals surface area contributed by atoms with Crippen molar-refractivity contribution >= 4 is 21.6 Å². The second-order valence-electron chi connectivity index (χ2n) is 2.28. The Kier molecular flexibility index (Phi) is 2.84. The summed E-state index contributed by atoms with van der Waals surface area (Å²) in [5.74, 6) is 0. The molecule has 0 saturated heterocycles. The van der Waals surface area contributed by atoms with E-state index in [1.807, 2.05) is 6.07 Å². The van der Waals surface area contributed by atoms with Crippen LogP contribution in [0.3, 0.4) is 0 Å². The first kappa shape index (κ1) is 8.93. The van der Waals surface area contributed by atoms with Crippen LogP contribution in [0.5, 0.6) is 0 Å². The molecule has 0 bridgehead atoms. The highest BCUT2D eigenvalue weighted by Gasteiger charge is 2.03. The van der Waals surface area contributed by atoms with Gasteiger partial charge in [-0.15, -0.1) is 0 Å². The number of hydrogen-bond acceptors (Lipinski definition) is 1. The van der Waals surface area contributed by atoms with Crippen LogP contribution in [0.4, 0.5) is 0 Å². The molecule has 1 heterocycles. The van der Waals surface area contributed by atoms with E-state index in [2.05, 4.69) is 30.1 Å². The predicted molar refractivity (Wildman–Crippen MR) is 43.1 cm³/mol. The molecule has 0 unspecified atom stereocenters. The fraction of sp³-hybridized carbons (Fsp3) is 0.125. The average molecular weight is 277 g/mol. The van der Waals surface area contributed by atoms with Crippen LogP contribution in [-0.4, -0.2) is 0 Å². The molecule has 0 amide bonds. The fourth-order valence-corrected chi connectivity index (χ4v) is 1.91. The number of aryl methyl sites for hydroxylation is 1. The molecule has 0 saturated carbocycles. The zero-order valence-corrected chi connectivity index (χ0v) is 9.07. The molecular weight excluding hydrogens is 269 g/mol. The molecule has 1 nitrogen and oxygen atoms in total. The number of aromatic nitrogens is 1. The van der Waals surface area contributed by atoms with Crippen molar-refractivity contribution in [3.05, 3.63) is 29.3 Å². The highest BCUT2D eigenvalue weighted by atomic mass is 127. The van der Waals surface area contributed by atoms with Crippen LogP contribution < -0.4 is 29.0 Å². The van der Waals surface area contributed by atoms with Gasteiger partial charge < -0.3 is 24.0 Å². The van der Waals surface area contributed by atoms with Crippen LogP contribution in [-0.2, 0) is 0 Å². The molecule has 1 aromatic carbocycles. The smallest absolute Gasteiger partial charge is 0.233 e. The molecule has 0 aliphatic carbocycles. The standard InChI is InChI=1S/C8H7NS.HI/c1-6-9-7-4-2-3-5-8(7)10-6;/h2-5H,1H3;1H. The van der Waals surface area contributed by atoms with Gasteiger partial charge in [-0.3, -0.25) is 0 Å². The maximum absolute atomic E-state index is 3.28. The van der Waals surface area contributed by atoms with E-state index in [0.29, 0.717) is 0 Å². The van der Waals surface area contributed by atoms with Crippen molar-refractivity contribution in [3.8, 4) is 0 Å². The molecule has 0 spiro atoms. The summed E-state index contributed by atoms with van der Waals surface area (Å²) in [5.41, 5.74) is 1.24. The van der Waals surface area contributed by atoms with E-state index in [-0.39, 0.29) is 24.0 Å². The van der Waals surface area contributed by atoms with Gasteiger partial charge in [-0.2, -0.15) is 4.98 Å². The van der Waals surface area contributed by atoms with E-state index >= 15 is 0 Å². The fourth-order valence-electron chi connectivity index (χ4n) is 1.04. The first-order valence-corrected chi connectivity index (χ1v) is 4.05. The minimum absolute atomic E-state index is 0. The Hall–Kier alpha value is -0.160. The Morgan fingerprint density at radius 2 is 2.00 bits per heavy atom. The van der Waals surface area contributed by atoms with Gasteiger partial charge in [0.05, 0.1) is 0 Å². The molecule has 3 heteroatoms. The SMILES string of the molecule is Cc1[nH+]c2ccccc2s1.[I-]. The lowest BCUT2D eigenvalue weighted by Crippen LogP contribution is -3.00. The second-order valence-corrected chi connectivity index (χ2v) is 3.54. The maximum atomic E-state index is 3.28. The van der Waals surface area contributed by atoms with Gasteiger partial charge in [0.1, 0.15) is 4.70 Å². The summed E-state index contributed by atoms with van der Waals surface area (Å²) in [5, 5.41) is 1.27. The van der Waals surface area contributed by atoms with Crippen LogP contribution in [0.1, 0.15) is 5.01 Å². The summed E-state index contributed by atoms with van der Waals surface area (Å²) in [6.07, 6.45) is 0. The van der Waals surface area contributed by atoms with Gasteiger partial charge in [0.2, 0.25) is 10.5 Å². The van der Waals surface area contributed by atoms with E-state index < -0.39 is 0 Å². The van der Waals surface area contributed by atoms with Crippen LogP contribution in [0.25, 0.3) is 10.2 Å². The van der Waals surface area contributed by atoms with Crippen LogP contribution in [0.15, 0.2) is 24.3 Å². The molecule has 0 fully saturated rings. The number of aromatic amines is 1. The number of thiazole rings is 1. The second kappa shape index (κ2) is 3.49. The molecule has 11 heavy (non-hydrogen) atoms. The lowest BCUT2D eigenvalue weighted by molar-refractivity contribution is -0.347. The Bertz CT molecular complexity index is 323. The number of rotatable bonds is 0. The molecule has 58 valence electrons. The van der Waals surface area contributed by atoms with E-state index in [0.717, 1.165) is 0 Å². The van der Waals surface area contributed by atoms with Crippen LogP contribution >= 0.6 is 11.3 Å². The van der Waals surface area contributed by atoms with Gasteiger partial charge >= 0.3 is 0 Å². The lowest BCUT2D eigenvalue weighted by atomic mass is 10.3. The molecule has 2 rings (SSSR count). The Morgan fingerprint density at radius 3 is 2.73 bits per heavy atom. The molecule has 0 aliphatic rings. The largest absolute Gasteiger partial charge is 1.00 e. The third-order valence-corrected chi connectivity index (χ3v) is 2.44. The van der Waals surface area contributed by atoms with Gasteiger partial charge in [-0.1, -0.05) is 23.5 Å². The minimum atomic E-state index is 0. The number of H-pyrrole nitrogens is 1. The highest BCUT2D eigenvalue weighted by molar-refractivity contribution is 7.18. The van der Waals surface area contributed by atoms with E-state index in [1.165, 1.54) is 15.2 Å². The summed E-state index contributed by atoms with van der Waals surface area (Å²) in [7, 11) is 0. The number of fused-ring (bicyclic) bond motifs is 1. The van der Waals surface area contributed by atoms with Crippen molar-refractivity contribution in [2.24, 2.45) is 0 Å². The monoisotopic (exact) mass is 277 g/mol. The number of halogens is 1. The van der Waals surface area contributed by atoms with Crippen molar-refractivity contribution < 1.29 is 29.0 Å². The topological polar surface area (TPSA) is 14.1 Å². The highest BCUT2D eigenvalue weighted by Crippen LogP contribution is 2.16. The van der Waals surface area contributed by atoms with Crippen LogP contribution in [0, 0.1) is 6.92 Å². The third-order valence-electron chi connectivity index (χ3n) is 1.46. The zero-order valence-electron chi connectivity index (χ0n) is 6.10. The van der Waals surface area contributed by atoms with Crippen molar-refractivity contribution in [2.45, 2.75) is 6.92 Å². The quantitative estimate of drug-likeness (QED) is 0.550. The Labute approximate surface area is 86.5 Å². The third kappa shape index (κ3) is 1.70. The van der Waals surface area contributed by atoms with Gasteiger partial charge in [0, 0.05) is 13.0 Å². The van der Waals surface area contributed by atoms with E-state index in [4.69, 9.17) is 0 Å². The van der Waals surface area contributed by atoms with Crippen molar-refractivity contribution in [2.75, 3.05) is 0 Å². The van der Waals surface area contributed by atoms with E-state index in [9.17, 15) is 0 Å². The van der Waals surface area contributed by atoms with Gasteiger partial charge in [-0.05, 0) is 6.07 Å². The average Bonchev–Trinajstić information content (AvgIpc) is 2.27. The van der Waals surface area contributed by atoms with Crippen molar-refractivity contribution in [1.82, 2.24) is 0 Å². The predicted octanol–water partition coefficient (Wildman–Crippen LogP) is -0.972. The number of benzene rings is 1. The Balaban J connectivity index is 0.000000605. The van der Waals surface area contributed by atoms with Gasteiger partial charge in [0.25, 0.3) is 0 Å². The number of para-hydroxylation sites is 1. The first-order chi connectivity index (χ1) is 4.86. The summed E-state index contributed by atoms with van der Waals surface area (Å²) in [6, 6.07) is 8.33. The summed E-state index contributed by atoms with van der Waals surface area (Å²) < 4.78 is 1.33.